The van der Waals surface area contributed by atoms with E-state index in [0.717, 1.165) is 5.76 Å². The first-order chi connectivity index (χ1) is 15.2. The fourth-order valence-corrected chi connectivity index (χ4v) is 5.87. The minimum atomic E-state index is -3.90. The third kappa shape index (κ3) is 5.16. The Hall–Kier alpha value is -1.95. The van der Waals surface area contributed by atoms with E-state index < -0.39 is 33.8 Å². The zero-order valence-corrected chi connectivity index (χ0v) is 18.8. The minimum Gasteiger partial charge on any atom is -0.492 e. The molecule has 1 unspecified atom stereocenters. The highest BCUT2D eigenvalue weighted by molar-refractivity contribution is 7.89. The zero-order valence-electron chi connectivity index (χ0n) is 18.0. The SMILES string of the molecule is Cc1ccc(CN2C[C@@H](O)CNS(=O)(=O)c3ccccc3OCC3(C[C@@H](O)[C@@H](O)C3)C2)o1. The van der Waals surface area contributed by atoms with Gasteiger partial charge in [0.2, 0.25) is 10.0 Å². The molecule has 1 fully saturated rings. The minimum absolute atomic E-state index is 0.00932. The highest BCUT2D eigenvalue weighted by Crippen LogP contribution is 2.41. The summed E-state index contributed by atoms with van der Waals surface area (Å²) < 4.78 is 39.8. The van der Waals surface area contributed by atoms with Crippen molar-refractivity contribution in [3.63, 3.8) is 0 Å². The van der Waals surface area contributed by atoms with Crippen LogP contribution >= 0.6 is 0 Å². The van der Waals surface area contributed by atoms with Crippen molar-refractivity contribution in [2.24, 2.45) is 5.41 Å². The number of hydrogen-bond donors (Lipinski definition) is 4. The first-order valence-electron chi connectivity index (χ1n) is 10.7. The Labute approximate surface area is 187 Å². The molecule has 9 nitrogen and oxygen atoms in total. The number of hydrogen-bond acceptors (Lipinski definition) is 8. The third-order valence-electron chi connectivity index (χ3n) is 6.11. The fraction of sp³-hybridized carbons (Fsp3) is 0.545. The second-order valence-corrected chi connectivity index (χ2v) is 10.7. The molecule has 2 aromatic rings. The topological polar surface area (TPSA) is 132 Å². The van der Waals surface area contributed by atoms with Gasteiger partial charge in [-0.3, -0.25) is 4.90 Å². The molecule has 2 aliphatic rings. The number of aliphatic hydroxyl groups is 3. The van der Waals surface area contributed by atoms with Crippen molar-refractivity contribution in [3.8, 4) is 5.75 Å². The van der Waals surface area contributed by atoms with Gasteiger partial charge < -0.3 is 24.5 Å². The van der Waals surface area contributed by atoms with Crippen LogP contribution < -0.4 is 9.46 Å². The molecule has 1 aromatic heterocycles. The summed E-state index contributed by atoms with van der Waals surface area (Å²) >= 11 is 0. The molecule has 4 rings (SSSR count). The van der Waals surface area contributed by atoms with Crippen molar-refractivity contribution in [2.75, 3.05) is 26.2 Å². The first-order valence-corrected chi connectivity index (χ1v) is 12.2. The summed E-state index contributed by atoms with van der Waals surface area (Å²) in [4.78, 5) is 1.95. The number of fused-ring (bicyclic) bond motifs is 1. The maximum Gasteiger partial charge on any atom is 0.244 e. The van der Waals surface area contributed by atoms with Gasteiger partial charge in [-0.05, 0) is 44.0 Å². The second-order valence-electron chi connectivity index (χ2n) is 8.97. The third-order valence-corrected chi connectivity index (χ3v) is 7.58. The van der Waals surface area contributed by atoms with Crippen LogP contribution in [0.3, 0.4) is 0 Å². The molecule has 0 radical (unpaired) electrons. The summed E-state index contributed by atoms with van der Waals surface area (Å²) in [5, 5.41) is 31.3. The van der Waals surface area contributed by atoms with Gasteiger partial charge in [0.05, 0.1) is 31.5 Å². The molecule has 1 spiro atoms. The van der Waals surface area contributed by atoms with E-state index in [9.17, 15) is 23.7 Å². The van der Waals surface area contributed by atoms with Gasteiger partial charge in [-0.15, -0.1) is 0 Å². The maximum absolute atomic E-state index is 12.8. The molecule has 4 atom stereocenters. The van der Waals surface area contributed by atoms with Crippen LogP contribution in [0.1, 0.15) is 24.4 Å². The molecule has 4 N–H and O–H groups in total. The summed E-state index contributed by atoms with van der Waals surface area (Å²) in [6.07, 6.45) is -2.17. The Kier molecular flexibility index (Phi) is 6.62. The first kappa shape index (κ1) is 23.2. The number of nitrogens with zero attached hydrogens (tertiary/aromatic N) is 1. The molecule has 1 saturated carbocycles. The molecular formula is C22H30N2O7S. The number of aliphatic hydroxyl groups excluding tert-OH is 3. The lowest BCUT2D eigenvalue weighted by molar-refractivity contribution is 0.0397. The van der Waals surface area contributed by atoms with Crippen LogP contribution in [0, 0.1) is 12.3 Å². The molecule has 176 valence electrons. The Morgan fingerprint density at radius 3 is 2.53 bits per heavy atom. The maximum atomic E-state index is 12.8. The normalized spacial score (nSPS) is 31.4. The van der Waals surface area contributed by atoms with Crippen molar-refractivity contribution in [3.05, 3.63) is 47.9 Å². The van der Waals surface area contributed by atoms with Crippen LogP contribution in [0.2, 0.25) is 0 Å². The predicted octanol–water partition coefficient (Wildman–Crippen LogP) is 0.624. The number of para-hydroxylation sites is 1. The van der Waals surface area contributed by atoms with Gasteiger partial charge in [-0.25, -0.2) is 13.1 Å². The Morgan fingerprint density at radius 1 is 1.12 bits per heavy atom. The van der Waals surface area contributed by atoms with Crippen LogP contribution in [-0.4, -0.2) is 73.2 Å². The van der Waals surface area contributed by atoms with Crippen LogP contribution in [0.5, 0.6) is 5.75 Å². The highest BCUT2D eigenvalue weighted by atomic mass is 32.2. The number of nitrogens with one attached hydrogen (secondary N) is 1. The molecule has 0 saturated heterocycles. The van der Waals surface area contributed by atoms with Gasteiger partial charge in [-0.2, -0.15) is 0 Å². The fourth-order valence-electron chi connectivity index (χ4n) is 4.65. The molecule has 32 heavy (non-hydrogen) atoms. The molecule has 2 heterocycles. The molecule has 1 aromatic carbocycles. The van der Waals surface area contributed by atoms with E-state index in [1.165, 1.54) is 6.07 Å². The van der Waals surface area contributed by atoms with Crippen LogP contribution in [0.15, 0.2) is 45.7 Å². The van der Waals surface area contributed by atoms with E-state index >= 15 is 0 Å². The Morgan fingerprint density at radius 2 is 1.84 bits per heavy atom. The highest BCUT2D eigenvalue weighted by Gasteiger charge is 2.46. The lowest BCUT2D eigenvalue weighted by atomic mass is 9.85. The molecule has 1 aliphatic carbocycles. The van der Waals surface area contributed by atoms with Crippen molar-refractivity contribution in [2.45, 2.75) is 49.5 Å². The van der Waals surface area contributed by atoms with E-state index in [1.807, 2.05) is 24.0 Å². The van der Waals surface area contributed by atoms with Crippen LogP contribution in [0.4, 0.5) is 0 Å². The van der Waals surface area contributed by atoms with Crippen molar-refractivity contribution < 1.29 is 32.9 Å². The summed E-state index contributed by atoms with van der Waals surface area (Å²) in [5.74, 6) is 1.67. The van der Waals surface area contributed by atoms with Gasteiger partial charge >= 0.3 is 0 Å². The summed E-state index contributed by atoms with van der Waals surface area (Å²) in [6.45, 7) is 2.78. The van der Waals surface area contributed by atoms with Gasteiger partial charge in [0.25, 0.3) is 0 Å². The molecule has 10 heteroatoms. The monoisotopic (exact) mass is 466 g/mol. The summed E-state index contributed by atoms with van der Waals surface area (Å²) in [5.41, 5.74) is -0.635. The number of ether oxygens (including phenoxy) is 1. The van der Waals surface area contributed by atoms with Gasteiger partial charge in [0, 0.05) is 25.0 Å². The van der Waals surface area contributed by atoms with Crippen molar-refractivity contribution in [1.82, 2.24) is 9.62 Å². The predicted molar refractivity (Wildman–Crippen MR) is 116 cm³/mol. The van der Waals surface area contributed by atoms with Gasteiger partial charge in [0.15, 0.2) is 0 Å². The summed E-state index contributed by atoms with van der Waals surface area (Å²) in [6, 6.07) is 10.0. The quantitative estimate of drug-likeness (QED) is 0.507. The van der Waals surface area contributed by atoms with E-state index in [2.05, 4.69) is 4.72 Å². The Balaban J connectivity index is 1.68. The lowest BCUT2D eigenvalue weighted by Crippen LogP contribution is -2.46. The number of furan rings is 1. The van der Waals surface area contributed by atoms with E-state index in [1.54, 1.807) is 18.2 Å². The van der Waals surface area contributed by atoms with E-state index in [4.69, 9.17) is 9.15 Å². The second kappa shape index (κ2) is 9.12. The van der Waals surface area contributed by atoms with Crippen molar-refractivity contribution in [1.29, 1.82) is 0 Å². The Bertz CT molecular complexity index is 1030. The number of sulfonamides is 1. The number of aryl methyl sites for hydroxylation is 1. The zero-order chi connectivity index (χ0) is 22.9. The van der Waals surface area contributed by atoms with Gasteiger partial charge in [-0.1, -0.05) is 12.1 Å². The van der Waals surface area contributed by atoms with E-state index in [0.29, 0.717) is 31.7 Å². The van der Waals surface area contributed by atoms with Gasteiger partial charge in [0.1, 0.15) is 22.2 Å². The molecular weight excluding hydrogens is 436 g/mol. The number of β-amino-alcohol motifs (C(OH)–C–C–N with tert-alkyl or cyclic N) is 1. The number of benzene rings is 1. The average Bonchev–Trinajstić information content (AvgIpc) is 3.26. The molecule has 0 bridgehead atoms. The molecule has 1 aliphatic heterocycles. The largest absolute Gasteiger partial charge is 0.492 e. The number of rotatable bonds is 2. The molecule has 0 amide bonds. The van der Waals surface area contributed by atoms with E-state index in [-0.39, 0.29) is 30.3 Å². The van der Waals surface area contributed by atoms with Crippen LogP contribution in [-0.2, 0) is 16.6 Å². The average molecular weight is 467 g/mol. The van der Waals surface area contributed by atoms with Crippen LogP contribution in [0.25, 0.3) is 0 Å². The van der Waals surface area contributed by atoms with Crippen molar-refractivity contribution >= 4 is 10.0 Å². The summed E-state index contributed by atoms with van der Waals surface area (Å²) in [7, 11) is -3.90. The standard InChI is InChI=1S/C22H30N2O7S/c1-15-6-7-17(31-15)12-24-11-16(25)10-23-32(28,29)21-5-3-2-4-20(21)30-14-22(13-24)8-18(26)19(27)9-22/h2-7,16,18-19,23,25-27H,8-14H2,1H3/t16-,18-,19+,22?/m0/s1. The smallest absolute Gasteiger partial charge is 0.244 e. The lowest BCUT2D eigenvalue weighted by Gasteiger charge is -2.36.